The zero-order chi connectivity index (χ0) is 18.7. The van der Waals surface area contributed by atoms with Gasteiger partial charge in [0.1, 0.15) is 0 Å². The average Bonchev–Trinajstić information content (AvgIpc) is 3.38. The molecule has 0 bridgehead atoms. The third-order valence-corrected chi connectivity index (χ3v) is 4.86. The van der Waals surface area contributed by atoms with Crippen LogP contribution in [0.5, 0.6) is 0 Å². The Morgan fingerprint density at radius 2 is 1.65 bits per heavy atom. The van der Waals surface area contributed by atoms with Crippen molar-refractivity contribution < 1.29 is 9.59 Å². The van der Waals surface area contributed by atoms with Gasteiger partial charge in [-0.1, -0.05) is 35.9 Å². The standard InChI is InChI=1S/C21H23ClN2O2/c1-14(2)23-19(25)13-15-3-9-18(10-4-15)24-20(26)21(11-12-21)16-5-7-17(22)8-6-16/h3-10,14H,11-13H2,1-2H3,(H,23,25)(H,24,26). The van der Waals surface area contributed by atoms with Gasteiger partial charge in [-0.05, 0) is 62.1 Å². The summed E-state index contributed by atoms with van der Waals surface area (Å²) < 4.78 is 0. The zero-order valence-electron chi connectivity index (χ0n) is 15.0. The highest BCUT2D eigenvalue weighted by Crippen LogP contribution is 2.49. The van der Waals surface area contributed by atoms with Crippen LogP contribution in [0.1, 0.15) is 37.8 Å². The molecule has 0 radical (unpaired) electrons. The van der Waals surface area contributed by atoms with Crippen molar-refractivity contribution in [1.29, 1.82) is 0 Å². The Bertz CT molecular complexity index is 794. The van der Waals surface area contributed by atoms with E-state index in [-0.39, 0.29) is 17.9 Å². The number of carbonyl (C=O) groups is 2. The summed E-state index contributed by atoms with van der Waals surface area (Å²) in [5.41, 5.74) is 2.21. The van der Waals surface area contributed by atoms with E-state index in [1.165, 1.54) is 0 Å². The van der Waals surface area contributed by atoms with E-state index < -0.39 is 5.41 Å². The Morgan fingerprint density at radius 1 is 1.04 bits per heavy atom. The number of halogens is 1. The molecule has 2 amide bonds. The van der Waals surface area contributed by atoms with Crippen LogP contribution in [0.15, 0.2) is 48.5 Å². The molecule has 26 heavy (non-hydrogen) atoms. The molecule has 1 saturated carbocycles. The van der Waals surface area contributed by atoms with Crippen LogP contribution < -0.4 is 10.6 Å². The summed E-state index contributed by atoms with van der Waals surface area (Å²) in [6.07, 6.45) is 2.02. The first-order chi connectivity index (χ1) is 12.4. The lowest BCUT2D eigenvalue weighted by Crippen LogP contribution is -2.31. The second-order valence-corrected chi connectivity index (χ2v) is 7.58. The predicted octanol–water partition coefficient (Wildman–Crippen LogP) is 4.08. The van der Waals surface area contributed by atoms with E-state index in [0.717, 1.165) is 29.7 Å². The summed E-state index contributed by atoms with van der Waals surface area (Å²) in [4.78, 5) is 24.6. The maximum Gasteiger partial charge on any atom is 0.235 e. The number of rotatable bonds is 6. The van der Waals surface area contributed by atoms with Crippen molar-refractivity contribution in [3.63, 3.8) is 0 Å². The van der Waals surface area contributed by atoms with Gasteiger partial charge in [0.05, 0.1) is 11.8 Å². The summed E-state index contributed by atoms with van der Waals surface area (Å²) in [5, 5.41) is 6.54. The lowest BCUT2D eigenvalue weighted by molar-refractivity contribution is -0.121. The van der Waals surface area contributed by atoms with E-state index in [1.54, 1.807) is 0 Å². The summed E-state index contributed by atoms with van der Waals surface area (Å²) in [6.45, 7) is 3.87. The molecule has 0 aliphatic heterocycles. The van der Waals surface area contributed by atoms with Crippen molar-refractivity contribution in [3.8, 4) is 0 Å². The van der Waals surface area contributed by atoms with Crippen LogP contribution in [0, 0.1) is 0 Å². The summed E-state index contributed by atoms with van der Waals surface area (Å²) in [5.74, 6) is 0.00146. The van der Waals surface area contributed by atoms with Gasteiger partial charge in [0.25, 0.3) is 0 Å². The average molecular weight is 371 g/mol. The smallest absolute Gasteiger partial charge is 0.235 e. The van der Waals surface area contributed by atoms with Crippen LogP contribution in [0.25, 0.3) is 0 Å². The third kappa shape index (κ3) is 4.25. The van der Waals surface area contributed by atoms with E-state index in [9.17, 15) is 9.59 Å². The number of hydrogen-bond donors (Lipinski definition) is 2. The molecule has 136 valence electrons. The second-order valence-electron chi connectivity index (χ2n) is 7.14. The van der Waals surface area contributed by atoms with Crippen molar-refractivity contribution in [2.45, 2.75) is 44.6 Å². The summed E-state index contributed by atoms with van der Waals surface area (Å²) in [7, 11) is 0. The molecular weight excluding hydrogens is 348 g/mol. The normalized spacial score (nSPS) is 14.8. The monoisotopic (exact) mass is 370 g/mol. The molecule has 0 saturated heterocycles. The van der Waals surface area contributed by atoms with Gasteiger partial charge in [-0.15, -0.1) is 0 Å². The lowest BCUT2D eigenvalue weighted by atomic mass is 9.95. The summed E-state index contributed by atoms with van der Waals surface area (Å²) >= 11 is 5.94. The van der Waals surface area contributed by atoms with Gasteiger partial charge >= 0.3 is 0 Å². The number of anilines is 1. The first kappa shape index (κ1) is 18.5. The Balaban J connectivity index is 1.63. The first-order valence-corrected chi connectivity index (χ1v) is 9.23. The highest BCUT2D eigenvalue weighted by molar-refractivity contribution is 6.30. The lowest BCUT2D eigenvalue weighted by Gasteiger charge is -2.16. The molecule has 2 aromatic rings. The highest BCUT2D eigenvalue weighted by Gasteiger charge is 2.51. The maximum atomic E-state index is 12.8. The van der Waals surface area contributed by atoms with Gasteiger partial charge in [-0.3, -0.25) is 9.59 Å². The van der Waals surface area contributed by atoms with E-state index in [1.807, 2.05) is 62.4 Å². The fourth-order valence-electron chi connectivity index (χ4n) is 3.06. The quantitative estimate of drug-likeness (QED) is 0.805. The molecule has 0 aromatic heterocycles. The Kier molecular flexibility index (Phi) is 5.33. The van der Waals surface area contributed by atoms with E-state index in [0.29, 0.717) is 11.4 Å². The predicted molar refractivity (Wildman–Crippen MR) is 104 cm³/mol. The molecule has 0 spiro atoms. The topological polar surface area (TPSA) is 58.2 Å². The van der Waals surface area contributed by atoms with Gasteiger partial charge in [0, 0.05) is 16.8 Å². The summed E-state index contributed by atoms with van der Waals surface area (Å²) in [6, 6.07) is 15.0. The van der Waals surface area contributed by atoms with Crippen LogP contribution in [-0.4, -0.2) is 17.9 Å². The van der Waals surface area contributed by atoms with Gasteiger partial charge in [-0.25, -0.2) is 0 Å². The zero-order valence-corrected chi connectivity index (χ0v) is 15.8. The van der Waals surface area contributed by atoms with E-state index in [4.69, 9.17) is 11.6 Å². The van der Waals surface area contributed by atoms with Gasteiger partial charge in [-0.2, -0.15) is 0 Å². The number of amides is 2. The third-order valence-electron chi connectivity index (χ3n) is 4.61. The second kappa shape index (κ2) is 7.50. The fraction of sp³-hybridized carbons (Fsp3) is 0.333. The minimum absolute atomic E-state index is 0.00328. The minimum Gasteiger partial charge on any atom is -0.354 e. The fourth-order valence-corrected chi connectivity index (χ4v) is 3.18. The van der Waals surface area contributed by atoms with Crippen molar-refractivity contribution >= 4 is 29.1 Å². The van der Waals surface area contributed by atoms with Crippen LogP contribution >= 0.6 is 11.6 Å². The van der Waals surface area contributed by atoms with Gasteiger partial charge < -0.3 is 10.6 Å². The largest absolute Gasteiger partial charge is 0.354 e. The Labute approximate surface area is 158 Å². The van der Waals surface area contributed by atoms with Crippen molar-refractivity contribution in [2.75, 3.05) is 5.32 Å². The number of hydrogen-bond acceptors (Lipinski definition) is 2. The number of benzene rings is 2. The molecular formula is C21H23ClN2O2. The minimum atomic E-state index is -0.444. The van der Waals surface area contributed by atoms with Crippen LogP contribution in [-0.2, 0) is 21.4 Å². The van der Waals surface area contributed by atoms with Crippen molar-refractivity contribution in [1.82, 2.24) is 5.32 Å². The first-order valence-electron chi connectivity index (χ1n) is 8.85. The Hall–Kier alpha value is -2.33. The molecule has 2 aromatic carbocycles. The molecule has 0 heterocycles. The molecule has 5 heteroatoms. The SMILES string of the molecule is CC(C)NC(=O)Cc1ccc(NC(=O)C2(c3ccc(Cl)cc3)CC2)cc1. The molecule has 1 aliphatic rings. The molecule has 4 nitrogen and oxygen atoms in total. The van der Waals surface area contributed by atoms with Gasteiger partial charge in [0.15, 0.2) is 0 Å². The van der Waals surface area contributed by atoms with Crippen molar-refractivity contribution in [3.05, 3.63) is 64.7 Å². The maximum absolute atomic E-state index is 12.8. The number of nitrogens with one attached hydrogen (secondary N) is 2. The van der Waals surface area contributed by atoms with Gasteiger partial charge in [0.2, 0.25) is 11.8 Å². The van der Waals surface area contributed by atoms with Crippen molar-refractivity contribution in [2.24, 2.45) is 0 Å². The van der Waals surface area contributed by atoms with E-state index in [2.05, 4.69) is 10.6 Å². The van der Waals surface area contributed by atoms with Crippen LogP contribution in [0.4, 0.5) is 5.69 Å². The Morgan fingerprint density at radius 3 is 2.19 bits per heavy atom. The van der Waals surface area contributed by atoms with Crippen LogP contribution in [0.2, 0.25) is 5.02 Å². The molecule has 1 fully saturated rings. The highest BCUT2D eigenvalue weighted by atomic mass is 35.5. The van der Waals surface area contributed by atoms with Crippen LogP contribution in [0.3, 0.4) is 0 Å². The number of carbonyl (C=O) groups excluding carboxylic acids is 2. The molecule has 1 aliphatic carbocycles. The van der Waals surface area contributed by atoms with E-state index >= 15 is 0 Å². The molecule has 0 atom stereocenters. The molecule has 0 unspecified atom stereocenters. The molecule has 2 N–H and O–H groups in total. The molecule has 3 rings (SSSR count).